The van der Waals surface area contributed by atoms with Crippen molar-refractivity contribution in [3.8, 4) is 39.6 Å². The maximum absolute atomic E-state index is 6.40. The maximum atomic E-state index is 6.40. The predicted octanol–water partition coefficient (Wildman–Crippen LogP) is 13.3. The molecule has 6 heteroatoms. The van der Waals surface area contributed by atoms with E-state index in [1.54, 1.807) is 0 Å². The fourth-order valence-corrected chi connectivity index (χ4v) is 8.26. The molecule has 0 atom stereocenters. The average molecular weight is 734 g/mol. The zero-order valence-electron chi connectivity index (χ0n) is 31.4. The smallest absolute Gasteiger partial charge is 0.238 e. The molecule has 0 radical (unpaired) electrons. The molecule has 0 saturated heterocycles. The van der Waals surface area contributed by atoms with Crippen LogP contribution >= 0.6 is 0 Å². The zero-order valence-corrected chi connectivity index (χ0v) is 31.4. The lowest BCUT2D eigenvalue weighted by Crippen LogP contribution is -2.16. The summed E-state index contributed by atoms with van der Waals surface area (Å²) in [6.45, 7) is 4.41. The van der Waals surface area contributed by atoms with Gasteiger partial charge in [-0.3, -0.25) is 4.90 Å². The van der Waals surface area contributed by atoms with Crippen molar-refractivity contribution < 1.29 is 4.42 Å². The molecule has 1 aliphatic rings. The number of fused-ring (bicyclic) bond motifs is 6. The summed E-state index contributed by atoms with van der Waals surface area (Å²) in [6, 6.07) is 56.9. The van der Waals surface area contributed by atoms with E-state index in [0.29, 0.717) is 17.6 Å². The first-order chi connectivity index (χ1) is 28.1. The van der Waals surface area contributed by atoms with Crippen molar-refractivity contribution in [2.75, 3.05) is 4.90 Å². The monoisotopic (exact) mass is 733 g/mol. The first-order valence-corrected chi connectivity index (χ1v) is 19.2. The highest BCUT2D eigenvalue weighted by molar-refractivity contribution is 6.09. The summed E-state index contributed by atoms with van der Waals surface area (Å²) in [7, 11) is 0. The summed E-state index contributed by atoms with van der Waals surface area (Å²) < 4.78 is 8.77. The molecule has 0 unspecified atom stereocenters. The van der Waals surface area contributed by atoms with Gasteiger partial charge in [-0.15, -0.1) is 0 Å². The first-order valence-electron chi connectivity index (χ1n) is 19.2. The summed E-state index contributed by atoms with van der Waals surface area (Å²) in [5.41, 5.74) is 14.6. The lowest BCUT2D eigenvalue weighted by molar-refractivity contribution is 0.669. The number of aryl methyl sites for hydroxylation is 1. The van der Waals surface area contributed by atoms with Crippen LogP contribution in [-0.2, 0) is 0 Å². The van der Waals surface area contributed by atoms with Gasteiger partial charge >= 0.3 is 0 Å². The van der Waals surface area contributed by atoms with Crippen LogP contribution in [0.15, 0.2) is 168 Å². The topological polar surface area (TPSA) is 60.0 Å². The van der Waals surface area contributed by atoms with Gasteiger partial charge in [-0.1, -0.05) is 127 Å². The fourth-order valence-electron chi connectivity index (χ4n) is 8.26. The number of furan rings is 1. The molecule has 0 aliphatic carbocycles. The minimum atomic E-state index is 0.530. The fraction of sp³-hybridized carbons (Fsp3) is 0.0392. The summed E-state index contributed by atoms with van der Waals surface area (Å²) in [4.78, 5) is 17.7. The van der Waals surface area contributed by atoms with Gasteiger partial charge < -0.3 is 8.98 Å². The predicted molar refractivity (Wildman–Crippen MR) is 233 cm³/mol. The van der Waals surface area contributed by atoms with Crippen LogP contribution in [0.25, 0.3) is 84.6 Å². The van der Waals surface area contributed by atoms with Gasteiger partial charge in [0.25, 0.3) is 0 Å². The van der Waals surface area contributed by atoms with Crippen LogP contribution in [0.4, 0.5) is 17.3 Å². The normalized spacial score (nSPS) is 12.3. The molecule has 0 spiro atoms. The highest BCUT2D eigenvalue weighted by Gasteiger charge is 2.26. The van der Waals surface area contributed by atoms with Crippen molar-refractivity contribution in [3.05, 3.63) is 186 Å². The Labute approximate surface area is 329 Å². The summed E-state index contributed by atoms with van der Waals surface area (Å²) in [5.74, 6) is 1.74. The van der Waals surface area contributed by atoms with Crippen molar-refractivity contribution in [1.29, 1.82) is 0 Å². The minimum absolute atomic E-state index is 0.530. The standard InChI is InChI=1S/C51H35N5O/c1-32-33(2)55(40-18-10-5-11-19-40)46-29-37(24-26-41(32)46)36-25-27-44-38(28-36)22-23-39-30-48-43(42-20-12-13-21-47(42)57-48)31-45(39)56(44)51-53-49(34-14-6-3-7-15-34)52-50(54-51)35-16-8-4-9-17-35/h3-31H,1-2H3. The highest BCUT2D eigenvalue weighted by atomic mass is 16.3. The molecule has 11 rings (SSSR count). The second-order valence-electron chi connectivity index (χ2n) is 14.6. The molecule has 4 heterocycles. The van der Waals surface area contributed by atoms with E-state index < -0.39 is 0 Å². The van der Waals surface area contributed by atoms with E-state index in [1.807, 2.05) is 72.8 Å². The summed E-state index contributed by atoms with van der Waals surface area (Å²) >= 11 is 0. The molecule has 1 aliphatic heterocycles. The number of aromatic nitrogens is 4. The van der Waals surface area contributed by atoms with Gasteiger partial charge in [0.05, 0.1) is 16.9 Å². The van der Waals surface area contributed by atoms with E-state index in [9.17, 15) is 0 Å². The van der Waals surface area contributed by atoms with Gasteiger partial charge in [0.1, 0.15) is 11.2 Å². The van der Waals surface area contributed by atoms with E-state index in [2.05, 4.69) is 126 Å². The molecule has 0 bridgehead atoms. The number of benzene rings is 7. The molecule has 7 aromatic carbocycles. The molecule has 270 valence electrons. The number of anilines is 3. The Hall–Kier alpha value is -7.57. The van der Waals surface area contributed by atoms with E-state index in [0.717, 1.165) is 72.4 Å². The molecule has 0 N–H and O–H groups in total. The van der Waals surface area contributed by atoms with Crippen LogP contribution in [0.1, 0.15) is 22.4 Å². The van der Waals surface area contributed by atoms with Crippen LogP contribution < -0.4 is 4.90 Å². The Morgan fingerprint density at radius 1 is 0.456 bits per heavy atom. The van der Waals surface area contributed by atoms with Crippen molar-refractivity contribution in [1.82, 2.24) is 19.5 Å². The third-order valence-corrected chi connectivity index (χ3v) is 11.2. The molecular formula is C51H35N5O. The van der Waals surface area contributed by atoms with Gasteiger partial charge in [0.2, 0.25) is 5.95 Å². The van der Waals surface area contributed by atoms with Crippen molar-refractivity contribution >= 4 is 62.3 Å². The number of nitrogens with zero attached hydrogens (tertiary/aromatic N) is 5. The van der Waals surface area contributed by atoms with Crippen LogP contribution in [0, 0.1) is 13.8 Å². The largest absolute Gasteiger partial charge is 0.456 e. The molecule has 6 nitrogen and oxygen atoms in total. The van der Waals surface area contributed by atoms with Gasteiger partial charge in [0.15, 0.2) is 11.6 Å². The van der Waals surface area contributed by atoms with E-state index in [1.165, 1.54) is 22.2 Å². The van der Waals surface area contributed by atoms with Crippen LogP contribution in [0.2, 0.25) is 0 Å². The number of rotatable bonds is 5. The molecule has 10 aromatic rings. The van der Waals surface area contributed by atoms with Gasteiger partial charge in [-0.05, 0) is 84.6 Å². The van der Waals surface area contributed by atoms with Crippen molar-refractivity contribution in [2.24, 2.45) is 0 Å². The van der Waals surface area contributed by atoms with E-state index in [4.69, 9.17) is 19.4 Å². The second kappa shape index (κ2) is 13.0. The Morgan fingerprint density at radius 3 is 1.79 bits per heavy atom. The number of hydrogen-bond acceptors (Lipinski definition) is 5. The number of hydrogen-bond donors (Lipinski definition) is 0. The summed E-state index contributed by atoms with van der Waals surface area (Å²) in [5, 5.41) is 3.35. The highest BCUT2D eigenvalue weighted by Crippen LogP contribution is 2.46. The minimum Gasteiger partial charge on any atom is -0.456 e. The quantitative estimate of drug-likeness (QED) is 0.176. The van der Waals surface area contributed by atoms with Crippen LogP contribution in [0.3, 0.4) is 0 Å². The van der Waals surface area contributed by atoms with Crippen molar-refractivity contribution in [2.45, 2.75) is 13.8 Å². The molecule has 0 saturated carbocycles. The average Bonchev–Trinajstić information content (AvgIpc) is 3.69. The molecule has 3 aromatic heterocycles. The van der Waals surface area contributed by atoms with E-state index in [-0.39, 0.29) is 0 Å². The lowest BCUT2D eigenvalue weighted by atomic mass is 9.99. The van der Waals surface area contributed by atoms with Gasteiger partial charge in [-0.25, -0.2) is 4.98 Å². The van der Waals surface area contributed by atoms with Crippen molar-refractivity contribution in [3.63, 3.8) is 0 Å². The lowest BCUT2D eigenvalue weighted by Gasteiger charge is -2.26. The van der Waals surface area contributed by atoms with Gasteiger partial charge in [0, 0.05) is 44.2 Å². The Morgan fingerprint density at radius 2 is 1.07 bits per heavy atom. The number of para-hydroxylation sites is 2. The Kier molecular flexibility index (Phi) is 7.51. The Bertz CT molecular complexity index is 3140. The third-order valence-electron chi connectivity index (χ3n) is 11.2. The Balaban J connectivity index is 1.14. The SMILES string of the molecule is Cc1c(C)n(-c2ccccc2)c2cc(-c3ccc4c(c3)C=Cc3cc5oc6ccccc6c5cc3N4c3nc(-c4ccccc4)nc(-c4ccccc4)n3)ccc12. The molecular weight excluding hydrogens is 699 g/mol. The van der Waals surface area contributed by atoms with Crippen LogP contribution in [0.5, 0.6) is 0 Å². The molecule has 57 heavy (non-hydrogen) atoms. The van der Waals surface area contributed by atoms with Gasteiger partial charge in [-0.2, -0.15) is 9.97 Å². The van der Waals surface area contributed by atoms with Crippen LogP contribution in [-0.4, -0.2) is 19.5 Å². The molecule has 0 amide bonds. The second-order valence-corrected chi connectivity index (χ2v) is 14.6. The summed E-state index contributed by atoms with van der Waals surface area (Å²) in [6.07, 6.45) is 4.38. The maximum Gasteiger partial charge on any atom is 0.238 e. The zero-order chi connectivity index (χ0) is 38.0. The third kappa shape index (κ3) is 5.45. The first kappa shape index (κ1) is 32.8. The van der Waals surface area contributed by atoms with E-state index >= 15 is 0 Å². The molecule has 0 fully saturated rings.